The Morgan fingerprint density at radius 1 is 1.48 bits per heavy atom. The summed E-state index contributed by atoms with van der Waals surface area (Å²) in [6.45, 7) is 5.32. The van der Waals surface area contributed by atoms with Crippen molar-refractivity contribution >= 4 is 29.6 Å². The van der Waals surface area contributed by atoms with Crippen molar-refractivity contribution in [3.63, 3.8) is 0 Å². The Kier molecular flexibility index (Phi) is 7.00. The van der Waals surface area contributed by atoms with E-state index >= 15 is 0 Å². The number of carboxylic acid groups (broad SMARTS) is 1. The van der Waals surface area contributed by atoms with Crippen molar-refractivity contribution in [1.82, 2.24) is 4.90 Å². The predicted molar refractivity (Wildman–Crippen MR) is 109 cm³/mol. The first-order valence-electron chi connectivity index (χ1n) is 9.19. The molecule has 1 fully saturated rings. The third-order valence-electron chi connectivity index (χ3n) is 5.30. The van der Waals surface area contributed by atoms with Gasteiger partial charge in [0, 0.05) is 24.2 Å². The Hall–Kier alpha value is -1.92. The summed E-state index contributed by atoms with van der Waals surface area (Å²) in [5.41, 5.74) is 1.68. The Morgan fingerprint density at radius 2 is 2.15 bits per heavy atom. The highest BCUT2D eigenvalue weighted by Gasteiger charge is 2.39. The van der Waals surface area contributed by atoms with E-state index in [1.54, 1.807) is 25.8 Å². The molecular weight excluding hydrogens is 366 g/mol. The zero-order valence-electron chi connectivity index (χ0n) is 16.3. The number of hydrogen-bond donors (Lipinski definition) is 2. The fourth-order valence-electron chi connectivity index (χ4n) is 2.96. The lowest BCUT2D eigenvalue weighted by Gasteiger charge is -2.31. The molecule has 1 aliphatic carbocycles. The number of halogens is 1. The van der Waals surface area contributed by atoms with Crippen molar-refractivity contribution in [3.8, 4) is 0 Å². The van der Waals surface area contributed by atoms with Crippen LogP contribution in [0.25, 0.3) is 0 Å². The van der Waals surface area contributed by atoms with E-state index < -0.39 is 17.5 Å². The number of hydrogen-bond acceptors (Lipinski definition) is 4. The molecule has 7 heteroatoms. The van der Waals surface area contributed by atoms with Gasteiger partial charge in [-0.1, -0.05) is 30.7 Å². The molecule has 0 saturated heterocycles. The van der Waals surface area contributed by atoms with E-state index in [0.717, 1.165) is 11.3 Å². The number of carboxylic acids is 1. The SMILES string of the molecule is CCC(C)(C(=O)O)C(O)CN(C)C=N/N=C(\C)c1c(Cl)cccc1C1CC1. The molecule has 0 aromatic heterocycles. The van der Waals surface area contributed by atoms with Crippen molar-refractivity contribution in [2.75, 3.05) is 13.6 Å². The van der Waals surface area contributed by atoms with Crippen LogP contribution < -0.4 is 0 Å². The number of benzene rings is 1. The van der Waals surface area contributed by atoms with E-state index in [1.807, 2.05) is 19.1 Å². The lowest BCUT2D eigenvalue weighted by atomic mass is 9.81. The fraction of sp³-hybridized carbons (Fsp3) is 0.550. The van der Waals surface area contributed by atoms with Crippen LogP contribution >= 0.6 is 11.6 Å². The van der Waals surface area contributed by atoms with E-state index in [-0.39, 0.29) is 6.54 Å². The third kappa shape index (κ3) is 5.08. The summed E-state index contributed by atoms with van der Waals surface area (Å²) >= 11 is 6.37. The molecule has 0 heterocycles. The summed E-state index contributed by atoms with van der Waals surface area (Å²) < 4.78 is 0. The van der Waals surface area contributed by atoms with Gasteiger partial charge >= 0.3 is 5.97 Å². The summed E-state index contributed by atoms with van der Waals surface area (Å²) in [6.07, 6.45) is 3.14. The number of aliphatic hydroxyl groups excluding tert-OH is 1. The van der Waals surface area contributed by atoms with Crippen molar-refractivity contribution in [2.24, 2.45) is 15.6 Å². The maximum absolute atomic E-state index is 11.4. The highest BCUT2D eigenvalue weighted by Crippen LogP contribution is 2.43. The molecule has 2 N–H and O–H groups in total. The van der Waals surface area contributed by atoms with Crippen LogP contribution in [0.1, 0.15) is 57.1 Å². The quantitative estimate of drug-likeness (QED) is 0.380. The molecule has 2 rings (SSSR count). The van der Waals surface area contributed by atoms with Gasteiger partial charge in [0.2, 0.25) is 0 Å². The van der Waals surface area contributed by atoms with E-state index in [2.05, 4.69) is 16.3 Å². The minimum absolute atomic E-state index is 0.147. The molecule has 0 bridgehead atoms. The van der Waals surface area contributed by atoms with Crippen LogP contribution in [-0.2, 0) is 4.79 Å². The Labute approximate surface area is 165 Å². The number of carbonyl (C=O) groups is 1. The lowest BCUT2D eigenvalue weighted by Crippen LogP contribution is -2.45. The number of aliphatic hydroxyl groups is 1. The molecule has 1 aromatic carbocycles. The molecule has 6 nitrogen and oxygen atoms in total. The number of nitrogens with zero attached hydrogens (tertiary/aromatic N) is 3. The first-order valence-corrected chi connectivity index (χ1v) is 9.56. The number of aliphatic carboxylic acids is 1. The summed E-state index contributed by atoms with van der Waals surface area (Å²) in [5.74, 6) is -0.462. The Morgan fingerprint density at radius 3 is 2.70 bits per heavy atom. The van der Waals surface area contributed by atoms with Gasteiger partial charge in [-0.25, -0.2) is 0 Å². The van der Waals surface area contributed by atoms with Crippen LogP contribution in [0, 0.1) is 5.41 Å². The second-order valence-corrected chi connectivity index (χ2v) is 7.83. The minimum atomic E-state index is -1.20. The van der Waals surface area contributed by atoms with Crippen molar-refractivity contribution < 1.29 is 15.0 Å². The van der Waals surface area contributed by atoms with Gasteiger partial charge in [-0.2, -0.15) is 5.10 Å². The first-order chi connectivity index (χ1) is 12.7. The fourth-order valence-corrected chi connectivity index (χ4v) is 3.28. The van der Waals surface area contributed by atoms with Gasteiger partial charge in [0.25, 0.3) is 0 Å². The van der Waals surface area contributed by atoms with Gasteiger partial charge < -0.3 is 15.1 Å². The van der Waals surface area contributed by atoms with Gasteiger partial charge in [-0.15, -0.1) is 5.10 Å². The summed E-state index contributed by atoms with van der Waals surface area (Å²) in [4.78, 5) is 13.0. The zero-order chi connectivity index (χ0) is 20.2. The number of rotatable bonds is 9. The Balaban J connectivity index is 2.07. The highest BCUT2D eigenvalue weighted by atomic mass is 35.5. The van der Waals surface area contributed by atoms with Gasteiger partial charge in [0.15, 0.2) is 0 Å². The van der Waals surface area contributed by atoms with Crippen molar-refractivity contribution in [2.45, 2.75) is 52.1 Å². The predicted octanol–water partition coefficient (Wildman–Crippen LogP) is 3.76. The molecule has 2 unspecified atom stereocenters. The van der Waals surface area contributed by atoms with Gasteiger partial charge in [-0.05, 0) is 50.7 Å². The lowest BCUT2D eigenvalue weighted by molar-refractivity contribution is -0.155. The molecule has 148 valence electrons. The highest BCUT2D eigenvalue weighted by molar-refractivity contribution is 6.34. The summed E-state index contributed by atoms with van der Waals surface area (Å²) in [7, 11) is 1.72. The standard InChI is InChI=1S/C20H28ClN3O3/c1-5-20(3,19(26)27)17(25)11-24(4)12-22-23-13(2)18-15(14-9-10-14)7-6-8-16(18)21/h6-8,12,14,17,25H,5,9-11H2,1-4H3,(H,26,27)/b22-12?,23-13+. The maximum atomic E-state index is 11.4. The third-order valence-corrected chi connectivity index (χ3v) is 5.62. The smallest absolute Gasteiger partial charge is 0.312 e. The number of likely N-dealkylation sites (N-methyl/N-ethyl adjacent to an activating group) is 1. The molecular formula is C20H28ClN3O3. The van der Waals surface area contributed by atoms with E-state index in [0.29, 0.717) is 17.4 Å². The van der Waals surface area contributed by atoms with E-state index in [1.165, 1.54) is 24.7 Å². The Bertz CT molecular complexity index is 746. The zero-order valence-corrected chi connectivity index (χ0v) is 17.1. The van der Waals surface area contributed by atoms with Crippen LogP contribution in [0.15, 0.2) is 28.4 Å². The molecule has 0 amide bonds. The van der Waals surface area contributed by atoms with E-state index in [9.17, 15) is 15.0 Å². The summed E-state index contributed by atoms with van der Waals surface area (Å²) in [5, 5.41) is 28.7. The van der Waals surface area contributed by atoms with Gasteiger partial charge in [0.1, 0.15) is 6.34 Å². The second-order valence-electron chi connectivity index (χ2n) is 7.43. The van der Waals surface area contributed by atoms with Crippen LogP contribution in [0.2, 0.25) is 5.02 Å². The molecule has 1 aliphatic rings. The van der Waals surface area contributed by atoms with Crippen LogP contribution in [0.4, 0.5) is 0 Å². The van der Waals surface area contributed by atoms with Gasteiger partial charge in [-0.3, -0.25) is 4.79 Å². The molecule has 1 saturated carbocycles. The molecule has 2 atom stereocenters. The normalized spacial score (nSPS) is 18.4. The molecule has 0 aliphatic heterocycles. The van der Waals surface area contributed by atoms with E-state index in [4.69, 9.17) is 11.6 Å². The second kappa shape index (κ2) is 8.85. The van der Waals surface area contributed by atoms with Crippen LogP contribution in [0.3, 0.4) is 0 Å². The maximum Gasteiger partial charge on any atom is 0.312 e. The van der Waals surface area contributed by atoms with Crippen LogP contribution in [0.5, 0.6) is 0 Å². The summed E-state index contributed by atoms with van der Waals surface area (Å²) in [6, 6.07) is 5.89. The molecule has 0 radical (unpaired) electrons. The van der Waals surface area contributed by atoms with Crippen LogP contribution in [-0.4, -0.2) is 52.8 Å². The van der Waals surface area contributed by atoms with Crippen molar-refractivity contribution in [1.29, 1.82) is 0 Å². The monoisotopic (exact) mass is 393 g/mol. The molecule has 0 spiro atoms. The largest absolute Gasteiger partial charge is 0.481 e. The first kappa shape index (κ1) is 21.4. The van der Waals surface area contributed by atoms with Crippen molar-refractivity contribution in [3.05, 3.63) is 34.3 Å². The minimum Gasteiger partial charge on any atom is -0.481 e. The average Bonchev–Trinajstić information content (AvgIpc) is 3.45. The average molecular weight is 394 g/mol. The topological polar surface area (TPSA) is 85.5 Å². The molecule has 27 heavy (non-hydrogen) atoms. The molecule has 1 aromatic rings. The van der Waals surface area contributed by atoms with Gasteiger partial charge in [0.05, 0.1) is 17.2 Å².